The van der Waals surface area contributed by atoms with Crippen molar-refractivity contribution in [3.05, 3.63) is 12.2 Å². The van der Waals surface area contributed by atoms with Gasteiger partial charge in [0.25, 0.3) is 0 Å². The Hall–Kier alpha value is -1.36. The zero-order valence-corrected chi connectivity index (χ0v) is 9.49. The lowest BCUT2D eigenvalue weighted by Gasteiger charge is -2.17. The molecule has 0 saturated carbocycles. The van der Waals surface area contributed by atoms with Crippen LogP contribution in [0.2, 0.25) is 0 Å². The van der Waals surface area contributed by atoms with Gasteiger partial charge in [-0.3, -0.25) is 9.59 Å². The Balaban J connectivity index is 2.50. The van der Waals surface area contributed by atoms with E-state index in [4.69, 9.17) is 10.5 Å². The van der Waals surface area contributed by atoms with Gasteiger partial charge in [0.2, 0.25) is 11.8 Å². The second-order valence-corrected chi connectivity index (χ2v) is 4.13. The van der Waals surface area contributed by atoms with Crippen molar-refractivity contribution in [3.63, 3.8) is 0 Å². The van der Waals surface area contributed by atoms with Crippen LogP contribution in [0.1, 0.15) is 26.2 Å². The molecule has 1 aliphatic rings. The van der Waals surface area contributed by atoms with Crippen molar-refractivity contribution in [2.75, 3.05) is 6.61 Å². The molecule has 3 N–H and O–H groups in total. The quantitative estimate of drug-likeness (QED) is 0.652. The number of primary amides is 1. The summed E-state index contributed by atoms with van der Waals surface area (Å²) in [5.74, 6) is -0.808. The average molecular weight is 226 g/mol. The zero-order chi connectivity index (χ0) is 12.1. The molecule has 0 spiro atoms. The summed E-state index contributed by atoms with van der Waals surface area (Å²) in [5, 5.41) is 2.59. The molecule has 0 unspecified atom stereocenters. The molecule has 2 atom stereocenters. The van der Waals surface area contributed by atoms with Gasteiger partial charge in [-0.1, -0.05) is 5.57 Å². The maximum atomic E-state index is 11.7. The van der Waals surface area contributed by atoms with E-state index in [0.717, 1.165) is 12.0 Å². The summed E-state index contributed by atoms with van der Waals surface area (Å²) in [5.41, 5.74) is 6.00. The topological polar surface area (TPSA) is 81.4 Å². The van der Waals surface area contributed by atoms with E-state index in [0.29, 0.717) is 19.4 Å². The SMILES string of the molecule is C=C(C)C[C@@H](NC(=O)[C@@H]1CCCO1)C(N)=O. The van der Waals surface area contributed by atoms with Crippen LogP contribution in [0.5, 0.6) is 0 Å². The van der Waals surface area contributed by atoms with E-state index >= 15 is 0 Å². The van der Waals surface area contributed by atoms with E-state index in [9.17, 15) is 9.59 Å². The summed E-state index contributed by atoms with van der Waals surface area (Å²) in [6.45, 7) is 6.07. The van der Waals surface area contributed by atoms with Gasteiger partial charge in [-0.15, -0.1) is 6.58 Å². The molecule has 5 nitrogen and oxygen atoms in total. The summed E-state index contributed by atoms with van der Waals surface area (Å²) in [4.78, 5) is 22.8. The third-order valence-corrected chi connectivity index (χ3v) is 2.43. The highest BCUT2D eigenvalue weighted by Crippen LogP contribution is 2.12. The van der Waals surface area contributed by atoms with Crippen molar-refractivity contribution >= 4 is 11.8 Å². The number of ether oxygens (including phenoxy) is 1. The molecule has 1 fully saturated rings. The lowest BCUT2D eigenvalue weighted by Crippen LogP contribution is -2.48. The van der Waals surface area contributed by atoms with Gasteiger partial charge in [-0.05, 0) is 26.2 Å². The predicted octanol–water partition coefficient (Wildman–Crippen LogP) is 0.102. The summed E-state index contributed by atoms with van der Waals surface area (Å²) >= 11 is 0. The third kappa shape index (κ3) is 3.66. The Morgan fingerprint density at radius 1 is 1.62 bits per heavy atom. The molecule has 0 aromatic carbocycles. The fourth-order valence-electron chi connectivity index (χ4n) is 1.62. The van der Waals surface area contributed by atoms with Crippen LogP contribution in [0.15, 0.2) is 12.2 Å². The zero-order valence-electron chi connectivity index (χ0n) is 9.49. The fraction of sp³-hybridized carbons (Fsp3) is 0.636. The first-order valence-corrected chi connectivity index (χ1v) is 5.36. The standard InChI is InChI=1S/C11H18N2O3/c1-7(2)6-8(10(12)14)13-11(15)9-4-3-5-16-9/h8-9H,1,3-6H2,2H3,(H2,12,14)(H,13,15)/t8-,9+/m1/s1. The van der Waals surface area contributed by atoms with E-state index in [1.807, 2.05) is 0 Å². The van der Waals surface area contributed by atoms with Crippen LogP contribution in [0.4, 0.5) is 0 Å². The molecule has 0 aromatic heterocycles. The number of hydrogen-bond acceptors (Lipinski definition) is 3. The van der Waals surface area contributed by atoms with Crippen molar-refractivity contribution in [3.8, 4) is 0 Å². The van der Waals surface area contributed by atoms with Gasteiger partial charge in [0.1, 0.15) is 12.1 Å². The number of rotatable bonds is 5. The van der Waals surface area contributed by atoms with Gasteiger partial charge in [-0.2, -0.15) is 0 Å². The Bertz CT molecular complexity index is 296. The normalized spacial score (nSPS) is 21.4. The molecule has 0 radical (unpaired) electrons. The Labute approximate surface area is 95.0 Å². The van der Waals surface area contributed by atoms with Crippen LogP contribution in [0, 0.1) is 0 Å². The van der Waals surface area contributed by atoms with Crippen LogP contribution >= 0.6 is 0 Å². The van der Waals surface area contributed by atoms with Crippen molar-refractivity contribution in [1.82, 2.24) is 5.32 Å². The first-order valence-electron chi connectivity index (χ1n) is 5.36. The Morgan fingerprint density at radius 3 is 2.75 bits per heavy atom. The monoisotopic (exact) mass is 226 g/mol. The van der Waals surface area contributed by atoms with Crippen molar-refractivity contribution in [2.45, 2.75) is 38.3 Å². The van der Waals surface area contributed by atoms with Gasteiger partial charge in [0.15, 0.2) is 0 Å². The third-order valence-electron chi connectivity index (χ3n) is 2.43. The van der Waals surface area contributed by atoms with Crippen molar-refractivity contribution < 1.29 is 14.3 Å². The smallest absolute Gasteiger partial charge is 0.249 e. The summed E-state index contributed by atoms with van der Waals surface area (Å²) in [6, 6.07) is -0.686. The van der Waals surface area contributed by atoms with Crippen molar-refractivity contribution in [2.24, 2.45) is 5.73 Å². The number of carbonyl (C=O) groups is 2. The predicted molar refractivity (Wildman–Crippen MR) is 59.5 cm³/mol. The summed E-state index contributed by atoms with van der Waals surface area (Å²) < 4.78 is 5.21. The first-order chi connectivity index (χ1) is 7.50. The van der Waals surface area contributed by atoms with E-state index in [2.05, 4.69) is 11.9 Å². The van der Waals surface area contributed by atoms with Crippen LogP contribution in [-0.4, -0.2) is 30.6 Å². The highest BCUT2D eigenvalue weighted by Gasteiger charge is 2.27. The molecule has 5 heteroatoms. The Kier molecular flexibility index (Phi) is 4.49. The Morgan fingerprint density at radius 2 is 2.31 bits per heavy atom. The number of amides is 2. The van der Waals surface area contributed by atoms with Gasteiger partial charge in [-0.25, -0.2) is 0 Å². The fourth-order valence-corrected chi connectivity index (χ4v) is 1.62. The molecule has 1 heterocycles. The van der Waals surface area contributed by atoms with E-state index in [1.165, 1.54) is 0 Å². The van der Waals surface area contributed by atoms with Crippen molar-refractivity contribution in [1.29, 1.82) is 0 Å². The molecule has 0 aliphatic carbocycles. The maximum Gasteiger partial charge on any atom is 0.249 e. The van der Waals surface area contributed by atoms with Gasteiger partial charge >= 0.3 is 0 Å². The van der Waals surface area contributed by atoms with Crippen LogP contribution in [-0.2, 0) is 14.3 Å². The number of nitrogens with one attached hydrogen (secondary N) is 1. The highest BCUT2D eigenvalue weighted by molar-refractivity contribution is 5.88. The first kappa shape index (κ1) is 12.7. The average Bonchev–Trinajstić information content (AvgIpc) is 2.68. The molecule has 90 valence electrons. The van der Waals surface area contributed by atoms with Gasteiger partial charge in [0, 0.05) is 6.61 Å². The molecule has 16 heavy (non-hydrogen) atoms. The molecule has 1 rings (SSSR count). The molecule has 1 aliphatic heterocycles. The van der Waals surface area contributed by atoms with Gasteiger partial charge in [0.05, 0.1) is 0 Å². The molecule has 0 bridgehead atoms. The number of hydrogen-bond donors (Lipinski definition) is 2. The number of nitrogens with two attached hydrogens (primary N) is 1. The molecule has 0 aromatic rings. The molecule has 2 amide bonds. The molecular weight excluding hydrogens is 208 g/mol. The van der Waals surface area contributed by atoms with Gasteiger partial charge < -0.3 is 15.8 Å². The van der Waals surface area contributed by atoms with E-state index in [1.54, 1.807) is 6.92 Å². The minimum absolute atomic E-state index is 0.262. The molecular formula is C11H18N2O3. The van der Waals surface area contributed by atoms with E-state index in [-0.39, 0.29) is 5.91 Å². The lowest BCUT2D eigenvalue weighted by atomic mass is 10.1. The largest absolute Gasteiger partial charge is 0.368 e. The van der Waals surface area contributed by atoms with E-state index < -0.39 is 18.1 Å². The number of carbonyl (C=O) groups excluding carboxylic acids is 2. The maximum absolute atomic E-state index is 11.7. The lowest BCUT2D eigenvalue weighted by molar-refractivity contribution is -0.133. The minimum atomic E-state index is -0.686. The highest BCUT2D eigenvalue weighted by atomic mass is 16.5. The summed E-state index contributed by atoms with van der Waals surface area (Å²) in [7, 11) is 0. The minimum Gasteiger partial charge on any atom is -0.368 e. The summed E-state index contributed by atoms with van der Waals surface area (Å²) in [6.07, 6.45) is 1.50. The van der Waals surface area contributed by atoms with Crippen LogP contribution < -0.4 is 11.1 Å². The van der Waals surface area contributed by atoms with Crippen LogP contribution in [0.3, 0.4) is 0 Å². The second kappa shape index (κ2) is 5.65. The molecule has 1 saturated heterocycles. The second-order valence-electron chi connectivity index (χ2n) is 4.13. The van der Waals surface area contributed by atoms with Crippen LogP contribution in [0.25, 0.3) is 0 Å².